The number of benzene rings is 3. The number of hydrogen-bond donors (Lipinski definition) is 0. The summed E-state index contributed by atoms with van der Waals surface area (Å²) in [6, 6.07) is 34.1. The van der Waals surface area contributed by atoms with Gasteiger partial charge < -0.3 is 14.2 Å². The fourth-order valence-corrected chi connectivity index (χ4v) is 5.80. The van der Waals surface area contributed by atoms with Gasteiger partial charge in [-0.2, -0.15) is 0 Å². The summed E-state index contributed by atoms with van der Waals surface area (Å²) in [7, 11) is -0.446. The lowest BCUT2D eigenvalue weighted by Crippen LogP contribution is -2.20. The molecule has 1 heterocycles. The smallest absolute Gasteiger partial charge is 0.182 e. The van der Waals surface area contributed by atoms with E-state index in [1.165, 1.54) is 15.9 Å². The molecule has 0 atom stereocenters. The Balaban J connectivity index is 0.000000199. The lowest BCUT2D eigenvalue weighted by atomic mass is 10.3. The number of pyridine rings is 1. The van der Waals surface area contributed by atoms with Crippen LogP contribution in [0.25, 0.3) is 0 Å². The molecule has 4 aromatic rings. The Morgan fingerprint density at radius 2 is 1.14 bits per heavy atom. The minimum absolute atomic E-state index is 0.446. The summed E-state index contributed by atoms with van der Waals surface area (Å²) >= 11 is 0. The van der Waals surface area contributed by atoms with Crippen molar-refractivity contribution in [2.45, 2.75) is 20.8 Å². The largest absolute Gasteiger partial charge is 0.488 e. The van der Waals surface area contributed by atoms with Crippen LogP contribution in [0.15, 0.2) is 103 Å². The highest BCUT2D eigenvalue weighted by Crippen LogP contribution is 2.32. The molecule has 0 unspecified atom stereocenters. The summed E-state index contributed by atoms with van der Waals surface area (Å²) < 4.78 is 16.3. The van der Waals surface area contributed by atoms with Crippen LogP contribution in [0.3, 0.4) is 0 Å². The van der Waals surface area contributed by atoms with Gasteiger partial charge >= 0.3 is 0 Å². The quantitative estimate of drug-likeness (QED) is 0.214. The Kier molecular flexibility index (Phi) is 11.3. The first-order valence-corrected chi connectivity index (χ1v) is 13.3. The monoisotopic (exact) mass is 487 g/mol. The van der Waals surface area contributed by atoms with Gasteiger partial charge in [0, 0.05) is 18.9 Å². The van der Waals surface area contributed by atoms with Gasteiger partial charge in [-0.3, -0.25) is 4.98 Å². The van der Waals surface area contributed by atoms with Crippen molar-refractivity contribution in [3.8, 4) is 11.5 Å². The second kappa shape index (κ2) is 14.9. The fraction of sp³-hybridized carbons (Fsp3) is 0.233. The third-order valence-corrected chi connectivity index (χ3v) is 7.51. The first kappa shape index (κ1) is 26.4. The molecule has 0 aliphatic carbocycles. The predicted molar refractivity (Wildman–Crippen MR) is 147 cm³/mol. The Hall–Kier alpha value is -3.20. The van der Waals surface area contributed by atoms with E-state index in [-0.39, 0.29) is 0 Å². The topological polar surface area (TPSA) is 40.6 Å². The van der Waals surface area contributed by atoms with Crippen LogP contribution in [-0.2, 0) is 4.74 Å². The number of rotatable bonds is 10. The molecular weight excluding hydrogens is 453 g/mol. The zero-order valence-electron chi connectivity index (χ0n) is 20.8. The molecule has 0 amide bonds. The SMILES string of the molecule is CCOCCOc1ccnc(C)c1OCC.c1ccc(P(c2ccccc2)c2ccccc2)cc1. The number of aromatic nitrogens is 1. The number of ether oxygens (including phenoxy) is 3. The predicted octanol–water partition coefficient (Wildman–Crippen LogP) is 5.65. The van der Waals surface area contributed by atoms with Crippen molar-refractivity contribution in [2.24, 2.45) is 0 Å². The van der Waals surface area contributed by atoms with Crippen LogP contribution in [0.1, 0.15) is 19.5 Å². The van der Waals surface area contributed by atoms with Gasteiger partial charge in [0.15, 0.2) is 11.5 Å². The van der Waals surface area contributed by atoms with E-state index in [4.69, 9.17) is 14.2 Å². The van der Waals surface area contributed by atoms with E-state index in [1.807, 2.05) is 26.8 Å². The molecule has 0 radical (unpaired) electrons. The van der Waals surface area contributed by atoms with Crippen LogP contribution in [0.5, 0.6) is 11.5 Å². The molecule has 0 fully saturated rings. The van der Waals surface area contributed by atoms with Crippen LogP contribution < -0.4 is 25.4 Å². The molecule has 0 spiro atoms. The van der Waals surface area contributed by atoms with Gasteiger partial charge in [-0.1, -0.05) is 91.0 Å². The molecule has 0 aliphatic heterocycles. The van der Waals surface area contributed by atoms with Gasteiger partial charge in [0.05, 0.1) is 18.9 Å². The molecule has 0 saturated carbocycles. The molecule has 182 valence electrons. The second-order valence-corrected chi connectivity index (χ2v) is 9.76. The van der Waals surface area contributed by atoms with Gasteiger partial charge in [-0.25, -0.2) is 0 Å². The standard InChI is InChI=1S/C18H15P.C12H19NO3/c1-4-10-16(11-5-1)19(17-12-6-2-7-13-17)18-14-8-3-9-15-18;1-4-14-8-9-16-11-6-7-13-10(3)12(11)15-5-2/h1-15H;6-7H,4-5,8-9H2,1-3H3. The molecule has 0 aliphatic rings. The van der Waals surface area contributed by atoms with Crippen LogP contribution in [0.2, 0.25) is 0 Å². The van der Waals surface area contributed by atoms with Crippen molar-refractivity contribution < 1.29 is 14.2 Å². The van der Waals surface area contributed by atoms with Crippen LogP contribution in [0, 0.1) is 6.92 Å². The van der Waals surface area contributed by atoms with Crippen LogP contribution in [0.4, 0.5) is 0 Å². The highest BCUT2D eigenvalue weighted by Gasteiger charge is 2.15. The maximum absolute atomic E-state index is 5.58. The van der Waals surface area contributed by atoms with Crippen LogP contribution in [-0.4, -0.2) is 31.4 Å². The van der Waals surface area contributed by atoms with Gasteiger partial charge in [0.2, 0.25) is 0 Å². The van der Waals surface area contributed by atoms with Crippen molar-refractivity contribution in [3.05, 3.63) is 109 Å². The average Bonchev–Trinajstić information content (AvgIpc) is 2.91. The molecule has 3 aromatic carbocycles. The minimum Gasteiger partial charge on any atom is -0.488 e. The normalized spacial score (nSPS) is 10.4. The number of aryl methyl sites for hydroxylation is 1. The lowest BCUT2D eigenvalue weighted by Gasteiger charge is -2.18. The summed E-state index contributed by atoms with van der Waals surface area (Å²) in [6.45, 7) is 8.23. The van der Waals surface area contributed by atoms with Crippen molar-refractivity contribution in [3.63, 3.8) is 0 Å². The van der Waals surface area contributed by atoms with E-state index < -0.39 is 7.92 Å². The second-order valence-electron chi connectivity index (χ2n) is 7.54. The Bertz CT molecular complexity index is 1010. The highest BCUT2D eigenvalue weighted by atomic mass is 31.1. The molecule has 4 nitrogen and oxygen atoms in total. The van der Waals surface area contributed by atoms with Gasteiger partial charge in [0.1, 0.15) is 6.61 Å². The van der Waals surface area contributed by atoms with Crippen molar-refractivity contribution in [1.82, 2.24) is 4.98 Å². The first-order valence-electron chi connectivity index (χ1n) is 12.0. The third kappa shape index (κ3) is 8.20. The highest BCUT2D eigenvalue weighted by molar-refractivity contribution is 7.79. The lowest BCUT2D eigenvalue weighted by molar-refractivity contribution is 0.108. The summed E-state index contributed by atoms with van der Waals surface area (Å²) in [5.74, 6) is 1.45. The molecule has 0 saturated heterocycles. The number of nitrogens with zero attached hydrogens (tertiary/aromatic N) is 1. The van der Waals surface area contributed by atoms with Gasteiger partial charge in [-0.05, 0) is 44.6 Å². The van der Waals surface area contributed by atoms with E-state index in [0.717, 1.165) is 17.2 Å². The molecule has 0 bridgehead atoms. The summed E-state index contributed by atoms with van der Waals surface area (Å²) in [5, 5.41) is 4.19. The molecule has 0 N–H and O–H groups in total. The summed E-state index contributed by atoms with van der Waals surface area (Å²) in [6.07, 6.45) is 1.72. The Morgan fingerprint density at radius 1 is 0.629 bits per heavy atom. The Morgan fingerprint density at radius 3 is 1.60 bits per heavy atom. The average molecular weight is 488 g/mol. The molecule has 4 rings (SSSR count). The van der Waals surface area contributed by atoms with Crippen molar-refractivity contribution >= 4 is 23.8 Å². The Labute approximate surface area is 210 Å². The van der Waals surface area contributed by atoms with E-state index in [1.54, 1.807) is 6.20 Å². The van der Waals surface area contributed by atoms with E-state index in [0.29, 0.717) is 26.4 Å². The van der Waals surface area contributed by atoms with Gasteiger partial charge in [0.25, 0.3) is 0 Å². The molecule has 1 aromatic heterocycles. The molecule has 35 heavy (non-hydrogen) atoms. The van der Waals surface area contributed by atoms with Crippen molar-refractivity contribution in [2.75, 3.05) is 26.4 Å². The number of hydrogen-bond acceptors (Lipinski definition) is 4. The fourth-order valence-electron chi connectivity index (χ4n) is 3.50. The molecule has 5 heteroatoms. The van der Waals surface area contributed by atoms with Gasteiger partial charge in [-0.15, -0.1) is 0 Å². The van der Waals surface area contributed by atoms with Crippen LogP contribution >= 0.6 is 7.92 Å². The summed E-state index contributed by atoms with van der Waals surface area (Å²) in [5.41, 5.74) is 0.843. The third-order valence-electron chi connectivity index (χ3n) is 5.07. The zero-order chi connectivity index (χ0) is 24.7. The minimum atomic E-state index is -0.446. The van der Waals surface area contributed by atoms with E-state index in [2.05, 4.69) is 96.0 Å². The first-order chi connectivity index (χ1) is 17.2. The van der Waals surface area contributed by atoms with Crippen molar-refractivity contribution in [1.29, 1.82) is 0 Å². The maximum Gasteiger partial charge on any atom is 0.182 e. The van der Waals surface area contributed by atoms with E-state index in [9.17, 15) is 0 Å². The zero-order valence-corrected chi connectivity index (χ0v) is 21.7. The van der Waals surface area contributed by atoms with E-state index >= 15 is 0 Å². The molecular formula is C30H34NO3P. The maximum atomic E-state index is 5.58. The summed E-state index contributed by atoms with van der Waals surface area (Å²) in [4.78, 5) is 4.17.